The Labute approximate surface area is 137 Å². The van der Waals surface area contributed by atoms with Crippen molar-refractivity contribution in [1.29, 1.82) is 0 Å². The Balaban J connectivity index is 2.60. The second kappa shape index (κ2) is 9.58. The van der Waals surface area contributed by atoms with Crippen molar-refractivity contribution in [3.8, 4) is 0 Å². The van der Waals surface area contributed by atoms with E-state index in [1.165, 1.54) is 0 Å². The fourth-order valence-electron chi connectivity index (χ4n) is 1.73. The highest BCUT2D eigenvalue weighted by Crippen LogP contribution is 2.29. The van der Waals surface area contributed by atoms with Gasteiger partial charge in [0.15, 0.2) is 0 Å². The van der Waals surface area contributed by atoms with Crippen molar-refractivity contribution in [3.63, 3.8) is 0 Å². The number of rotatable bonds is 0. The van der Waals surface area contributed by atoms with Crippen molar-refractivity contribution in [2.45, 2.75) is 39.1 Å². The van der Waals surface area contributed by atoms with Crippen LogP contribution < -0.4 is 0 Å². The first-order valence-corrected chi connectivity index (χ1v) is 8.68. The normalized spacial score (nSPS) is 41.5. The minimum absolute atomic E-state index is 0.0439. The number of hydrogen-bond donors (Lipinski definition) is 5. The number of ether oxygens (including phenoxy) is 2. The van der Waals surface area contributed by atoms with Gasteiger partial charge in [-0.15, -0.1) is 0 Å². The Morgan fingerprint density at radius 2 is 0.944 bits per heavy atom. The smallest absolute Gasteiger partial charge is 0.0700 e. The molecule has 4 atom stereocenters. The molecule has 1 heterocycles. The molecule has 0 aromatic rings. The molecule has 0 radical (unpaired) electrons. The lowest BCUT2D eigenvalue weighted by Gasteiger charge is -2.30. The summed E-state index contributed by atoms with van der Waals surface area (Å²) in [6.45, 7) is 2.61. The third-order valence-corrected chi connectivity index (χ3v) is 7.08. The molecule has 0 aromatic carbocycles. The van der Waals surface area contributed by atoms with Crippen LogP contribution in [0.3, 0.4) is 0 Å². The van der Waals surface area contributed by atoms with Gasteiger partial charge in [0.05, 0.1) is 13.2 Å². The van der Waals surface area contributed by atoms with Crippen LogP contribution in [0.5, 0.6) is 0 Å². The van der Waals surface area contributed by atoms with Gasteiger partial charge in [0.2, 0.25) is 0 Å². The van der Waals surface area contributed by atoms with Crippen molar-refractivity contribution in [2.24, 2.45) is 0 Å². The lowest BCUT2D eigenvalue weighted by molar-refractivity contribution is 0.0465. The van der Waals surface area contributed by atoms with Gasteiger partial charge in [-0.25, -0.2) is 0 Å². The fourth-order valence-corrected chi connectivity index (χ4v) is 3.80. The SMILES string of the molecule is SC1CCOCCOCCC(S)C(S)C(S)C1S. The van der Waals surface area contributed by atoms with E-state index in [4.69, 9.17) is 9.47 Å². The van der Waals surface area contributed by atoms with Crippen molar-refractivity contribution in [2.75, 3.05) is 26.4 Å². The number of thiol groups is 5. The maximum atomic E-state index is 5.48. The zero-order valence-corrected chi connectivity index (χ0v) is 14.7. The molecular formula is C11H22O2S5. The topological polar surface area (TPSA) is 18.5 Å². The van der Waals surface area contributed by atoms with Crippen molar-refractivity contribution < 1.29 is 9.47 Å². The molecule has 1 fully saturated rings. The van der Waals surface area contributed by atoms with Crippen LogP contribution >= 0.6 is 63.1 Å². The summed E-state index contributed by atoms with van der Waals surface area (Å²) in [4.78, 5) is 0. The molecule has 1 aliphatic heterocycles. The summed E-state index contributed by atoms with van der Waals surface area (Å²) in [5, 5.41) is 0.473. The molecular weight excluding hydrogens is 324 g/mol. The predicted octanol–water partition coefficient (Wildman–Crippen LogP) is 2.31. The second-order valence-corrected chi connectivity index (χ2v) is 7.52. The van der Waals surface area contributed by atoms with E-state index in [-0.39, 0.29) is 26.2 Å². The molecule has 0 amide bonds. The standard InChI is InChI=1S/C11H22O2S5/c14-7-1-3-12-5-6-13-4-2-8(15)10(17)11(18)9(7)16/h7-11,14-18H,1-6H2. The molecule has 0 aliphatic carbocycles. The molecule has 0 bridgehead atoms. The van der Waals surface area contributed by atoms with E-state index in [0.717, 1.165) is 12.8 Å². The minimum Gasteiger partial charge on any atom is -0.379 e. The molecule has 4 unspecified atom stereocenters. The van der Waals surface area contributed by atoms with Gasteiger partial charge in [0, 0.05) is 39.5 Å². The third kappa shape index (κ3) is 5.97. The predicted molar refractivity (Wildman–Crippen MR) is 94.7 cm³/mol. The van der Waals surface area contributed by atoms with Gasteiger partial charge >= 0.3 is 0 Å². The third-order valence-electron chi connectivity index (χ3n) is 2.98. The molecule has 108 valence electrons. The van der Waals surface area contributed by atoms with E-state index in [1.54, 1.807) is 0 Å². The van der Waals surface area contributed by atoms with E-state index in [0.29, 0.717) is 26.4 Å². The van der Waals surface area contributed by atoms with Gasteiger partial charge in [0.1, 0.15) is 0 Å². The van der Waals surface area contributed by atoms with Gasteiger partial charge in [-0.3, -0.25) is 0 Å². The summed E-state index contributed by atoms with van der Waals surface area (Å²) in [6, 6.07) is 0. The van der Waals surface area contributed by atoms with Crippen LogP contribution in [0.15, 0.2) is 0 Å². The molecule has 0 aromatic heterocycles. The van der Waals surface area contributed by atoms with Gasteiger partial charge in [-0.1, -0.05) is 0 Å². The zero-order valence-electron chi connectivity index (χ0n) is 10.2. The van der Waals surface area contributed by atoms with E-state index in [9.17, 15) is 0 Å². The molecule has 0 spiro atoms. The van der Waals surface area contributed by atoms with Crippen LogP contribution in [0.4, 0.5) is 0 Å². The van der Waals surface area contributed by atoms with Crippen LogP contribution in [0, 0.1) is 0 Å². The van der Waals surface area contributed by atoms with E-state index in [2.05, 4.69) is 63.1 Å². The summed E-state index contributed by atoms with van der Waals surface area (Å²) in [5.74, 6) is 0. The lowest BCUT2D eigenvalue weighted by atomic mass is 10.1. The minimum atomic E-state index is 0.0439. The second-order valence-electron chi connectivity index (χ2n) is 4.41. The maximum absolute atomic E-state index is 5.48. The molecule has 1 rings (SSSR count). The van der Waals surface area contributed by atoms with E-state index in [1.807, 2.05) is 0 Å². The molecule has 18 heavy (non-hydrogen) atoms. The summed E-state index contributed by atoms with van der Waals surface area (Å²) < 4.78 is 11.0. The summed E-state index contributed by atoms with van der Waals surface area (Å²) in [6.07, 6.45) is 1.71. The van der Waals surface area contributed by atoms with Crippen molar-refractivity contribution >= 4 is 63.1 Å². The van der Waals surface area contributed by atoms with Gasteiger partial charge in [-0.2, -0.15) is 63.1 Å². The highest BCUT2D eigenvalue weighted by atomic mass is 32.1. The lowest BCUT2D eigenvalue weighted by Crippen LogP contribution is -2.38. The van der Waals surface area contributed by atoms with E-state index < -0.39 is 0 Å². The average Bonchev–Trinajstić information content (AvgIpc) is 2.38. The number of hydrogen-bond acceptors (Lipinski definition) is 7. The van der Waals surface area contributed by atoms with E-state index >= 15 is 0 Å². The Hall–Kier alpha value is 1.67. The van der Waals surface area contributed by atoms with Crippen LogP contribution in [0.25, 0.3) is 0 Å². The largest absolute Gasteiger partial charge is 0.379 e. The van der Waals surface area contributed by atoms with Gasteiger partial charge < -0.3 is 9.47 Å². The molecule has 1 saturated heterocycles. The van der Waals surface area contributed by atoms with Crippen LogP contribution in [-0.2, 0) is 9.47 Å². The van der Waals surface area contributed by atoms with Gasteiger partial charge in [-0.05, 0) is 12.8 Å². The quantitative estimate of drug-likeness (QED) is 0.434. The average molecular weight is 347 g/mol. The first kappa shape index (κ1) is 17.7. The summed E-state index contributed by atoms with van der Waals surface area (Å²) >= 11 is 23.0. The monoisotopic (exact) mass is 346 g/mol. The zero-order chi connectivity index (χ0) is 13.5. The van der Waals surface area contributed by atoms with Crippen LogP contribution in [-0.4, -0.2) is 52.7 Å². The van der Waals surface area contributed by atoms with Crippen molar-refractivity contribution in [1.82, 2.24) is 0 Å². The Morgan fingerprint density at radius 1 is 0.556 bits per heavy atom. The maximum Gasteiger partial charge on any atom is 0.0700 e. The molecule has 0 N–H and O–H groups in total. The highest BCUT2D eigenvalue weighted by molar-refractivity contribution is 7.89. The Morgan fingerprint density at radius 3 is 1.33 bits per heavy atom. The molecule has 7 heteroatoms. The highest BCUT2D eigenvalue weighted by Gasteiger charge is 2.30. The van der Waals surface area contributed by atoms with Crippen molar-refractivity contribution in [3.05, 3.63) is 0 Å². The molecule has 2 nitrogen and oxygen atoms in total. The Bertz CT molecular complexity index is 209. The fraction of sp³-hybridized carbons (Fsp3) is 1.00. The molecule has 0 saturated carbocycles. The Kier molecular flexibility index (Phi) is 9.43. The van der Waals surface area contributed by atoms with Crippen LogP contribution in [0.2, 0.25) is 0 Å². The van der Waals surface area contributed by atoms with Gasteiger partial charge in [0.25, 0.3) is 0 Å². The first-order chi connectivity index (χ1) is 8.54. The molecule has 1 aliphatic rings. The summed E-state index contributed by atoms with van der Waals surface area (Å²) in [7, 11) is 0. The first-order valence-electron chi connectivity index (χ1n) is 6.10. The summed E-state index contributed by atoms with van der Waals surface area (Å²) in [5.41, 5.74) is 0. The van der Waals surface area contributed by atoms with Crippen LogP contribution in [0.1, 0.15) is 12.8 Å².